The van der Waals surface area contributed by atoms with E-state index in [9.17, 15) is 0 Å². The van der Waals surface area contributed by atoms with Gasteiger partial charge in [0.1, 0.15) is 0 Å². The summed E-state index contributed by atoms with van der Waals surface area (Å²) in [4.78, 5) is 8.42. The summed E-state index contributed by atoms with van der Waals surface area (Å²) in [5.41, 5.74) is 1.08. The zero-order valence-electron chi connectivity index (χ0n) is 6.41. The van der Waals surface area contributed by atoms with Gasteiger partial charge >= 0.3 is 0 Å². The zero-order chi connectivity index (χ0) is 7.40. The molecule has 0 atom stereocenters. The molecule has 10 heavy (non-hydrogen) atoms. The largest absolute Gasteiger partial charge is 0.287 e. The van der Waals surface area contributed by atoms with Gasteiger partial charge in [-0.3, -0.25) is 9.98 Å². The van der Waals surface area contributed by atoms with Crippen molar-refractivity contribution in [3.63, 3.8) is 0 Å². The fraction of sp³-hybridized carbons (Fsp3) is 0.500. The van der Waals surface area contributed by atoms with Crippen molar-refractivity contribution in [1.82, 2.24) is 0 Å². The third-order valence-electron chi connectivity index (χ3n) is 1.16. The molecule has 0 unspecified atom stereocenters. The van der Waals surface area contributed by atoms with Crippen LogP contribution in [0.25, 0.3) is 0 Å². The van der Waals surface area contributed by atoms with E-state index in [0.717, 1.165) is 12.3 Å². The lowest BCUT2D eigenvalue weighted by Crippen LogP contribution is -2.06. The molecule has 0 aromatic rings. The zero-order valence-corrected chi connectivity index (χ0v) is 6.41. The smallest absolute Gasteiger partial charge is 0.0807 e. The molecule has 0 saturated heterocycles. The van der Waals surface area contributed by atoms with Crippen molar-refractivity contribution >= 4 is 11.9 Å². The van der Waals surface area contributed by atoms with E-state index in [0.29, 0.717) is 6.04 Å². The number of hydrogen-bond acceptors (Lipinski definition) is 2. The summed E-state index contributed by atoms with van der Waals surface area (Å²) in [5, 5.41) is 0. The Hall–Kier alpha value is -0.920. The van der Waals surface area contributed by atoms with Crippen LogP contribution in [0, 0.1) is 0 Å². The van der Waals surface area contributed by atoms with Gasteiger partial charge in [0.15, 0.2) is 0 Å². The lowest BCUT2D eigenvalue weighted by molar-refractivity contribution is 0.834. The van der Waals surface area contributed by atoms with Crippen molar-refractivity contribution in [2.45, 2.75) is 19.9 Å². The molecule has 0 fully saturated rings. The normalized spacial score (nSPS) is 20.9. The van der Waals surface area contributed by atoms with Gasteiger partial charge in [-0.25, -0.2) is 0 Å². The predicted molar refractivity (Wildman–Crippen MR) is 45.1 cm³/mol. The van der Waals surface area contributed by atoms with Crippen LogP contribution >= 0.6 is 0 Å². The van der Waals surface area contributed by atoms with Gasteiger partial charge < -0.3 is 0 Å². The van der Waals surface area contributed by atoms with Gasteiger partial charge in [0.05, 0.1) is 12.3 Å². The van der Waals surface area contributed by atoms with E-state index in [1.165, 1.54) is 0 Å². The molecule has 54 valence electrons. The molecule has 1 heterocycles. The molecule has 2 heteroatoms. The molecule has 0 aromatic heterocycles. The molecular weight excluding hydrogens is 124 g/mol. The molecule has 0 radical (unpaired) electrons. The van der Waals surface area contributed by atoms with E-state index in [-0.39, 0.29) is 0 Å². The maximum absolute atomic E-state index is 4.35. The number of rotatable bonds is 1. The third-order valence-corrected chi connectivity index (χ3v) is 1.16. The highest BCUT2D eigenvalue weighted by Gasteiger charge is 1.96. The second kappa shape index (κ2) is 3.30. The topological polar surface area (TPSA) is 24.7 Å². The highest BCUT2D eigenvalue weighted by atomic mass is 14.8. The number of nitrogens with zero attached hydrogens (tertiary/aromatic N) is 2. The fourth-order valence-corrected chi connectivity index (χ4v) is 0.829. The average Bonchev–Trinajstić information content (AvgIpc) is 1.88. The first-order valence-electron chi connectivity index (χ1n) is 3.52. The summed E-state index contributed by atoms with van der Waals surface area (Å²) in [5.74, 6) is 0. The Kier molecular flexibility index (Phi) is 2.37. The lowest BCUT2D eigenvalue weighted by Gasteiger charge is -2.02. The van der Waals surface area contributed by atoms with Gasteiger partial charge in [-0.15, -0.1) is 0 Å². The van der Waals surface area contributed by atoms with Crippen LogP contribution in [0.4, 0.5) is 0 Å². The number of allylic oxidation sites excluding steroid dienone is 1. The Morgan fingerprint density at radius 1 is 1.60 bits per heavy atom. The van der Waals surface area contributed by atoms with Gasteiger partial charge in [0, 0.05) is 12.3 Å². The minimum atomic E-state index is 0.382. The third kappa shape index (κ3) is 2.13. The minimum absolute atomic E-state index is 0.382. The van der Waals surface area contributed by atoms with E-state index >= 15 is 0 Å². The minimum Gasteiger partial charge on any atom is -0.287 e. The predicted octanol–water partition coefficient (Wildman–Crippen LogP) is 1.48. The van der Waals surface area contributed by atoms with Crippen molar-refractivity contribution < 1.29 is 0 Å². The quantitative estimate of drug-likeness (QED) is 0.521. The maximum Gasteiger partial charge on any atom is 0.0807 e. The molecule has 0 saturated carbocycles. The fourth-order valence-electron chi connectivity index (χ4n) is 0.829. The molecule has 1 aliphatic heterocycles. The van der Waals surface area contributed by atoms with Crippen LogP contribution in [0.3, 0.4) is 0 Å². The highest BCUT2D eigenvalue weighted by Crippen LogP contribution is 1.94. The molecule has 1 rings (SSSR count). The van der Waals surface area contributed by atoms with Crippen LogP contribution < -0.4 is 0 Å². The second-order valence-corrected chi connectivity index (χ2v) is 2.56. The van der Waals surface area contributed by atoms with Crippen LogP contribution in [-0.2, 0) is 0 Å². The molecular formula is C8H12N2. The SMILES string of the molecule is CC(C)N=C1C=CC=NC1. The number of hydrogen-bond donors (Lipinski definition) is 0. The molecule has 2 nitrogen and oxygen atoms in total. The number of aliphatic imine (C=N–C) groups is 2. The molecule has 0 N–H and O–H groups in total. The van der Waals surface area contributed by atoms with Gasteiger partial charge in [0.25, 0.3) is 0 Å². The Bertz CT molecular complexity index is 187. The van der Waals surface area contributed by atoms with E-state index in [4.69, 9.17) is 0 Å². The first-order valence-corrected chi connectivity index (χ1v) is 3.52. The van der Waals surface area contributed by atoms with Gasteiger partial charge in [-0.2, -0.15) is 0 Å². The van der Waals surface area contributed by atoms with E-state index in [1.807, 2.05) is 12.2 Å². The monoisotopic (exact) mass is 136 g/mol. The lowest BCUT2D eigenvalue weighted by atomic mass is 10.3. The summed E-state index contributed by atoms with van der Waals surface area (Å²) < 4.78 is 0. The van der Waals surface area contributed by atoms with Crippen LogP contribution in [-0.4, -0.2) is 24.5 Å². The van der Waals surface area contributed by atoms with E-state index < -0.39 is 0 Å². The molecule has 0 bridgehead atoms. The van der Waals surface area contributed by atoms with Crippen molar-refractivity contribution in [2.24, 2.45) is 9.98 Å². The number of dihydropyridines is 1. The van der Waals surface area contributed by atoms with Crippen molar-refractivity contribution in [3.05, 3.63) is 12.2 Å². The second-order valence-electron chi connectivity index (χ2n) is 2.56. The summed E-state index contributed by atoms with van der Waals surface area (Å²) in [6.45, 7) is 4.88. The summed E-state index contributed by atoms with van der Waals surface area (Å²) in [6, 6.07) is 0.382. The molecule has 0 spiro atoms. The average molecular weight is 136 g/mol. The van der Waals surface area contributed by atoms with Gasteiger partial charge in [-0.05, 0) is 26.0 Å². The van der Waals surface area contributed by atoms with Gasteiger partial charge in [-0.1, -0.05) is 0 Å². The Morgan fingerprint density at radius 2 is 2.40 bits per heavy atom. The Balaban J connectivity index is 2.58. The van der Waals surface area contributed by atoms with E-state index in [2.05, 4.69) is 23.8 Å². The highest BCUT2D eigenvalue weighted by molar-refractivity contribution is 6.02. The van der Waals surface area contributed by atoms with Crippen LogP contribution in [0.15, 0.2) is 22.1 Å². The standard InChI is InChI=1S/C8H12N2/c1-7(2)10-8-4-3-5-9-6-8/h3-5,7H,6H2,1-2H3. The van der Waals surface area contributed by atoms with Crippen molar-refractivity contribution in [1.29, 1.82) is 0 Å². The first kappa shape index (κ1) is 7.19. The maximum atomic E-state index is 4.35. The molecule has 0 aromatic carbocycles. The summed E-state index contributed by atoms with van der Waals surface area (Å²) in [6.07, 6.45) is 5.73. The Labute approximate surface area is 61.4 Å². The molecule has 0 amide bonds. The van der Waals surface area contributed by atoms with Crippen LogP contribution in [0.1, 0.15) is 13.8 Å². The summed E-state index contributed by atoms with van der Waals surface area (Å²) in [7, 11) is 0. The van der Waals surface area contributed by atoms with Gasteiger partial charge in [0.2, 0.25) is 0 Å². The van der Waals surface area contributed by atoms with Crippen LogP contribution in [0.2, 0.25) is 0 Å². The van der Waals surface area contributed by atoms with E-state index in [1.54, 1.807) is 6.21 Å². The van der Waals surface area contributed by atoms with Crippen molar-refractivity contribution in [3.8, 4) is 0 Å². The first-order chi connectivity index (χ1) is 4.79. The van der Waals surface area contributed by atoms with Crippen LogP contribution in [0.5, 0.6) is 0 Å². The summed E-state index contributed by atoms with van der Waals surface area (Å²) >= 11 is 0. The Morgan fingerprint density at radius 3 is 2.90 bits per heavy atom. The van der Waals surface area contributed by atoms with Crippen molar-refractivity contribution in [2.75, 3.05) is 6.54 Å². The molecule has 1 aliphatic rings. The molecule has 0 aliphatic carbocycles.